The summed E-state index contributed by atoms with van der Waals surface area (Å²) in [6.07, 6.45) is 1.39. The first-order valence-corrected chi connectivity index (χ1v) is 8.13. The Morgan fingerprint density at radius 3 is 2.24 bits per heavy atom. The fourth-order valence-corrected chi connectivity index (χ4v) is 3.72. The Morgan fingerprint density at radius 1 is 1.14 bits per heavy atom. The van der Waals surface area contributed by atoms with Crippen LogP contribution in [0.15, 0.2) is 35.4 Å². The van der Waals surface area contributed by atoms with Crippen molar-refractivity contribution < 1.29 is 8.42 Å². The lowest BCUT2D eigenvalue weighted by atomic mass is 10.1. The molecule has 0 aliphatic rings. The molecule has 1 aromatic heterocycles. The van der Waals surface area contributed by atoms with Gasteiger partial charge in [0.15, 0.2) is 0 Å². The summed E-state index contributed by atoms with van der Waals surface area (Å²) in [6, 6.07) is 6.68. The Kier molecular flexibility index (Phi) is 4.39. The summed E-state index contributed by atoms with van der Waals surface area (Å²) in [5, 5.41) is 3.45. The van der Waals surface area contributed by atoms with Gasteiger partial charge < -0.3 is 5.32 Å². The molecule has 0 amide bonds. The number of sulfonamides is 1. The average Bonchev–Trinajstić information content (AvgIpc) is 2.39. The molecule has 2 rings (SSSR count). The van der Waals surface area contributed by atoms with Crippen molar-refractivity contribution in [1.29, 1.82) is 0 Å². The predicted molar refractivity (Wildman–Crippen MR) is 85.5 cm³/mol. The van der Waals surface area contributed by atoms with Crippen LogP contribution >= 0.6 is 11.6 Å². The van der Waals surface area contributed by atoms with Crippen molar-refractivity contribution in [2.24, 2.45) is 0 Å². The van der Waals surface area contributed by atoms with E-state index in [1.807, 2.05) is 0 Å². The van der Waals surface area contributed by atoms with E-state index in [1.54, 1.807) is 39.1 Å². The first-order chi connectivity index (χ1) is 9.83. The molecule has 0 aliphatic carbocycles. The second-order valence-electron chi connectivity index (χ2n) is 4.66. The predicted octanol–water partition coefficient (Wildman–Crippen LogP) is 3.19. The fourth-order valence-electron chi connectivity index (χ4n) is 2.14. The Bertz CT molecular complexity index is 735. The highest BCUT2D eigenvalue weighted by molar-refractivity contribution is 7.92. The van der Waals surface area contributed by atoms with Gasteiger partial charge in [-0.25, -0.2) is 13.4 Å². The van der Waals surface area contributed by atoms with Crippen molar-refractivity contribution in [3.63, 3.8) is 0 Å². The van der Waals surface area contributed by atoms with Crippen LogP contribution in [-0.4, -0.2) is 20.4 Å². The van der Waals surface area contributed by atoms with Crippen LogP contribution in [0, 0.1) is 13.8 Å². The van der Waals surface area contributed by atoms with E-state index >= 15 is 0 Å². The van der Waals surface area contributed by atoms with Crippen molar-refractivity contribution in [1.82, 2.24) is 4.98 Å². The zero-order valence-corrected chi connectivity index (χ0v) is 13.5. The van der Waals surface area contributed by atoms with Gasteiger partial charge in [-0.15, -0.1) is 0 Å². The maximum absolute atomic E-state index is 12.5. The summed E-state index contributed by atoms with van der Waals surface area (Å²) in [7, 11) is -1.91. The van der Waals surface area contributed by atoms with Gasteiger partial charge in [0.05, 0.1) is 9.92 Å². The molecule has 1 aromatic carbocycles. The lowest BCUT2D eigenvalue weighted by molar-refractivity contribution is 0.600. The molecule has 0 bridgehead atoms. The highest BCUT2D eigenvalue weighted by atomic mass is 35.5. The Morgan fingerprint density at radius 2 is 1.76 bits per heavy atom. The molecule has 0 fully saturated rings. The Labute approximate surface area is 129 Å². The molecule has 2 N–H and O–H groups in total. The number of hydrogen-bond donors (Lipinski definition) is 2. The van der Waals surface area contributed by atoms with Gasteiger partial charge in [0.1, 0.15) is 5.82 Å². The van der Waals surface area contributed by atoms with Crippen molar-refractivity contribution in [3.8, 4) is 0 Å². The largest absolute Gasteiger partial charge is 0.388 e. The molecule has 0 aliphatic heterocycles. The van der Waals surface area contributed by atoms with Gasteiger partial charge in [0.25, 0.3) is 10.0 Å². The third kappa shape index (κ3) is 3.46. The molecule has 0 atom stereocenters. The summed E-state index contributed by atoms with van der Waals surface area (Å²) >= 11 is 5.74. The molecule has 21 heavy (non-hydrogen) atoms. The molecular weight excluding hydrogens is 310 g/mol. The number of benzene rings is 1. The summed E-state index contributed by atoms with van der Waals surface area (Å²) in [5.74, 6) is 0.232. The molecule has 0 saturated carbocycles. The van der Waals surface area contributed by atoms with Crippen LogP contribution in [0.3, 0.4) is 0 Å². The maximum Gasteiger partial charge on any atom is 0.263 e. The minimum Gasteiger partial charge on any atom is -0.388 e. The molecule has 0 radical (unpaired) electrons. The zero-order valence-electron chi connectivity index (χ0n) is 11.9. The van der Waals surface area contributed by atoms with Gasteiger partial charge in [-0.3, -0.25) is 4.72 Å². The molecule has 5 nitrogen and oxygen atoms in total. The van der Waals surface area contributed by atoms with E-state index < -0.39 is 10.0 Å². The van der Waals surface area contributed by atoms with Gasteiger partial charge in [0.2, 0.25) is 0 Å². The second kappa shape index (κ2) is 5.91. The molecule has 7 heteroatoms. The van der Waals surface area contributed by atoms with Gasteiger partial charge in [0, 0.05) is 18.9 Å². The minimum absolute atomic E-state index is 0.232. The van der Waals surface area contributed by atoms with E-state index in [0.717, 1.165) is 5.69 Å². The normalized spacial score (nSPS) is 11.2. The van der Waals surface area contributed by atoms with Crippen molar-refractivity contribution in [2.45, 2.75) is 18.7 Å². The molecular formula is C14H16ClN3O2S. The molecule has 0 spiro atoms. The number of nitrogens with one attached hydrogen (secondary N) is 2. The number of rotatable bonds is 4. The number of nitrogens with zero attached hydrogens (tertiary/aromatic N) is 1. The Balaban J connectivity index is 2.42. The van der Waals surface area contributed by atoms with Crippen LogP contribution in [0.2, 0.25) is 5.02 Å². The van der Waals surface area contributed by atoms with Gasteiger partial charge >= 0.3 is 0 Å². The van der Waals surface area contributed by atoms with Crippen LogP contribution < -0.4 is 10.0 Å². The lowest BCUT2D eigenvalue weighted by Crippen LogP contribution is -2.16. The van der Waals surface area contributed by atoms with E-state index in [1.165, 1.54) is 12.3 Å². The minimum atomic E-state index is -3.70. The van der Waals surface area contributed by atoms with Gasteiger partial charge in [-0.1, -0.05) is 11.6 Å². The van der Waals surface area contributed by atoms with E-state index in [2.05, 4.69) is 15.0 Å². The quantitative estimate of drug-likeness (QED) is 0.905. The highest BCUT2D eigenvalue weighted by Gasteiger charge is 2.20. The third-order valence-corrected chi connectivity index (χ3v) is 4.87. The second-order valence-corrected chi connectivity index (χ2v) is 6.71. The number of pyridine rings is 1. The lowest BCUT2D eigenvalue weighted by Gasteiger charge is -2.14. The number of anilines is 2. The van der Waals surface area contributed by atoms with E-state index in [4.69, 9.17) is 11.6 Å². The van der Waals surface area contributed by atoms with Crippen LogP contribution in [0.1, 0.15) is 11.1 Å². The maximum atomic E-state index is 12.5. The van der Waals surface area contributed by atoms with Crippen molar-refractivity contribution in [2.75, 3.05) is 17.1 Å². The number of halogens is 1. The topological polar surface area (TPSA) is 71.1 Å². The standard InChI is InChI=1S/C14H16ClN3O2S/c1-9-6-12(16-3)7-10(2)14(9)21(19,20)18-13-5-4-11(15)8-17-13/h4-8,16H,1-3H3,(H,17,18). The average molecular weight is 326 g/mol. The van der Waals surface area contributed by atoms with Crippen LogP contribution in [0.4, 0.5) is 11.5 Å². The SMILES string of the molecule is CNc1cc(C)c(S(=O)(=O)Nc2ccc(Cl)cn2)c(C)c1. The van der Waals surface area contributed by atoms with Gasteiger partial charge in [-0.2, -0.15) is 0 Å². The summed E-state index contributed by atoms with van der Waals surface area (Å²) < 4.78 is 27.5. The molecule has 1 heterocycles. The fraction of sp³-hybridized carbons (Fsp3) is 0.214. The van der Waals surface area contributed by atoms with Crippen LogP contribution in [0.5, 0.6) is 0 Å². The molecule has 2 aromatic rings. The monoisotopic (exact) mass is 325 g/mol. The summed E-state index contributed by atoms with van der Waals surface area (Å²) in [6.45, 7) is 3.52. The number of aryl methyl sites for hydroxylation is 2. The zero-order chi connectivity index (χ0) is 15.6. The van der Waals surface area contributed by atoms with Crippen LogP contribution in [-0.2, 0) is 10.0 Å². The van der Waals surface area contributed by atoms with Gasteiger partial charge in [-0.05, 0) is 49.2 Å². The smallest absolute Gasteiger partial charge is 0.263 e. The third-order valence-electron chi connectivity index (χ3n) is 2.98. The first kappa shape index (κ1) is 15.6. The Hall–Kier alpha value is -1.79. The van der Waals surface area contributed by atoms with E-state index in [9.17, 15) is 8.42 Å². The van der Waals surface area contributed by atoms with Crippen molar-refractivity contribution >= 4 is 33.1 Å². The first-order valence-electron chi connectivity index (χ1n) is 6.27. The molecule has 0 saturated heterocycles. The van der Waals surface area contributed by atoms with Crippen molar-refractivity contribution in [3.05, 3.63) is 46.6 Å². The number of hydrogen-bond acceptors (Lipinski definition) is 4. The van der Waals surface area contributed by atoms with E-state index in [0.29, 0.717) is 16.1 Å². The van der Waals surface area contributed by atoms with E-state index in [-0.39, 0.29) is 10.7 Å². The van der Waals surface area contributed by atoms with Crippen LogP contribution in [0.25, 0.3) is 0 Å². The summed E-state index contributed by atoms with van der Waals surface area (Å²) in [4.78, 5) is 4.21. The molecule has 0 unspecified atom stereocenters. The number of aromatic nitrogens is 1. The highest BCUT2D eigenvalue weighted by Crippen LogP contribution is 2.26. The summed E-state index contributed by atoms with van der Waals surface area (Å²) in [5.41, 5.74) is 2.20. The molecule has 112 valence electrons.